The van der Waals surface area contributed by atoms with E-state index < -0.39 is 5.97 Å². The van der Waals surface area contributed by atoms with Crippen LogP contribution in [-0.2, 0) is 4.79 Å². The van der Waals surface area contributed by atoms with Crippen LogP contribution >= 0.6 is 0 Å². The van der Waals surface area contributed by atoms with Crippen molar-refractivity contribution in [2.45, 2.75) is 6.92 Å². The van der Waals surface area contributed by atoms with E-state index in [4.69, 9.17) is 0 Å². The lowest BCUT2D eigenvalue weighted by molar-refractivity contribution is -0.254. The molecule has 1 amide bonds. The van der Waals surface area contributed by atoms with Gasteiger partial charge in [0.2, 0.25) is 5.91 Å². The van der Waals surface area contributed by atoms with Crippen LogP contribution in [0.5, 0.6) is 0 Å². The van der Waals surface area contributed by atoms with Gasteiger partial charge in [-0.3, -0.25) is 4.79 Å². The Morgan fingerprint density at radius 2 is 1.86 bits per heavy atom. The third-order valence-corrected chi connectivity index (χ3v) is 1.96. The molecule has 0 heterocycles. The molecule has 0 aliphatic rings. The van der Waals surface area contributed by atoms with E-state index in [0.717, 1.165) is 0 Å². The van der Waals surface area contributed by atoms with E-state index in [0.29, 0.717) is 5.69 Å². The molecule has 1 rings (SSSR count). The molecular weight excluding hydrogens is 182 g/mol. The molecule has 4 nitrogen and oxygen atoms in total. The lowest BCUT2D eigenvalue weighted by Crippen LogP contribution is -2.29. The van der Waals surface area contributed by atoms with Crippen molar-refractivity contribution in [3.8, 4) is 0 Å². The summed E-state index contributed by atoms with van der Waals surface area (Å²) in [6, 6.07) is 6.22. The van der Waals surface area contributed by atoms with E-state index in [1.807, 2.05) is 0 Å². The third-order valence-electron chi connectivity index (χ3n) is 1.96. The Morgan fingerprint density at radius 3 is 2.36 bits per heavy atom. The van der Waals surface area contributed by atoms with Gasteiger partial charge in [-0.2, -0.15) is 0 Å². The highest BCUT2D eigenvalue weighted by Gasteiger charge is 2.10. The molecule has 0 aromatic heterocycles. The van der Waals surface area contributed by atoms with Gasteiger partial charge in [0.15, 0.2) is 0 Å². The predicted molar refractivity (Wildman–Crippen MR) is 49.9 cm³/mol. The van der Waals surface area contributed by atoms with E-state index in [1.54, 1.807) is 18.2 Å². The predicted octanol–water partition coefficient (Wildman–Crippen LogP) is 0.0328. The molecule has 0 bridgehead atoms. The average molecular weight is 192 g/mol. The zero-order valence-corrected chi connectivity index (χ0v) is 7.98. The van der Waals surface area contributed by atoms with E-state index in [2.05, 4.69) is 0 Å². The first-order valence-electron chi connectivity index (χ1n) is 4.08. The maximum Gasteiger partial charge on any atom is 0.223 e. The molecule has 0 N–H and O–H groups in total. The fourth-order valence-electron chi connectivity index (χ4n) is 1.11. The number of hydrogen-bond donors (Lipinski definition) is 0. The van der Waals surface area contributed by atoms with Gasteiger partial charge < -0.3 is 14.8 Å². The first-order valence-corrected chi connectivity index (χ1v) is 4.08. The smallest absolute Gasteiger partial charge is 0.223 e. The van der Waals surface area contributed by atoms with E-state index in [1.165, 1.54) is 24.9 Å². The summed E-state index contributed by atoms with van der Waals surface area (Å²) in [6.07, 6.45) is 0. The standard InChI is InChI=1S/C10H11NO3/c1-7(12)11(2)9-6-4-3-5-8(9)10(13)14/h3-6H,1-2H3,(H,13,14)/p-1. The van der Waals surface area contributed by atoms with Crippen molar-refractivity contribution in [3.05, 3.63) is 29.8 Å². The molecule has 14 heavy (non-hydrogen) atoms. The summed E-state index contributed by atoms with van der Waals surface area (Å²) in [5.74, 6) is -1.51. The van der Waals surface area contributed by atoms with Gasteiger partial charge in [-0.1, -0.05) is 18.2 Å². The van der Waals surface area contributed by atoms with Crippen molar-refractivity contribution >= 4 is 17.6 Å². The second kappa shape index (κ2) is 3.91. The number of benzene rings is 1. The minimum Gasteiger partial charge on any atom is -0.545 e. The van der Waals surface area contributed by atoms with Crippen molar-refractivity contribution in [2.75, 3.05) is 11.9 Å². The quantitative estimate of drug-likeness (QED) is 0.664. The summed E-state index contributed by atoms with van der Waals surface area (Å²) in [4.78, 5) is 23.0. The van der Waals surface area contributed by atoms with Crippen LogP contribution in [0.15, 0.2) is 24.3 Å². The van der Waals surface area contributed by atoms with Gasteiger partial charge in [0.25, 0.3) is 0 Å². The third kappa shape index (κ3) is 1.90. The summed E-state index contributed by atoms with van der Waals surface area (Å²) in [6.45, 7) is 1.37. The minimum atomic E-state index is -1.28. The number of nitrogens with zero attached hydrogens (tertiary/aromatic N) is 1. The van der Waals surface area contributed by atoms with Crippen molar-refractivity contribution in [3.63, 3.8) is 0 Å². The van der Waals surface area contributed by atoms with Gasteiger partial charge in [0, 0.05) is 19.5 Å². The van der Waals surface area contributed by atoms with Crippen molar-refractivity contribution in [1.82, 2.24) is 0 Å². The molecule has 0 saturated carbocycles. The van der Waals surface area contributed by atoms with Crippen molar-refractivity contribution < 1.29 is 14.7 Å². The number of anilines is 1. The van der Waals surface area contributed by atoms with Gasteiger partial charge in [0.05, 0.1) is 11.7 Å². The Bertz CT molecular complexity index is 373. The molecule has 0 saturated heterocycles. The summed E-state index contributed by atoms with van der Waals surface area (Å²) in [7, 11) is 1.52. The number of rotatable bonds is 2. The first-order chi connectivity index (χ1) is 6.54. The van der Waals surface area contributed by atoms with Crippen LogP contribution in [0.1, 0.15) is 17.3 Å². The molecule has 74 valence electrons. The van der Waals surface area contributed by atoms with Crippen LogP contribution in [0.25, 0.3) is 0 Å². The van der Waals surface area contributed by atoms with Gasteiger partial charge >= 0.3 is 0 Å². The van der Waals surface area contributed by atoms with Gasteiger partial charge in [-0.25, -0.2) is 0 Å². The molecule has 0 aliphatic carbocycles. The highest BCUT2D eigenvalue weighted by atomic mass is 16.4. The van der Waals surface area contributed by atoms with Crippen LogP contribution in [-0.4, -0.2) is 18.9 Å². The number of para-hydroxylation sites is 1. The average Bonchev–Trinajstić information content (AvgIpc) is 2.16. The van der Waals surface area contributed by atoms with E-state index in [-0.39, 0.29) is 11.5 Å². The van der Waals surface area contributed by atoms with Crippen molar-refractivity contribution in [2.24, 2.45) is 0 Å². The lowest BCUT2D eigenvalue weighted by atomic mass is 10.1. The Balaban J connectivity index is 3.19. The Hall–Kier alpha value is -1.84. The van der Waals surface area contributed by atoms with Gasteiger partial charge in [-0.15, -0.1) is 0 Å². The maximum absolute atomic E-state index is 11.0. The monoisotopic (exact) mass is 192 g/mol. The Morgan fingerprint density at radius 1 is 1.29 bits per heavy atom. The molecule has 0 radical (unpaired) electrons. The van der Waals surface area contributed by atoms with E-state index in [9.17, 15) is 14.7 Å². The molecule has 0 atom stereocenters. The molecular formula is C10H10NO3-. The Labute approximate surface area is 81.8 Å². The fourth-order valence-corrected chi connectivity index (χ4v) is 1.11. The number of carbonyl (C=O) groups is 2. The largest absolute Gasteiger partial charge is 0.545 e. The van der Waals surface area contributed by atoms with Crippen LogP contribution in [0.2, 0.25) is 0 Å². The number of aromatic carboxylic acids is 1. The highest BCUT2D eigenvalue weighted by molar-refractivity contribution is 6.00. The molecule has 0 fully saturated rings. The van der Waals surface area contributed by atoms with Crippen LogP contribution in [0.4, 0.5) is 5.69 Å². The Kier molecular flexibility index (Phi) is 2.86. The molecule has 1 aromatic carbocycles. The SMILES string of the molecule is CC(=O)N(C)c1ccccc1C(=O)[O-]. The molecule has 0 spiro atoms. The van der Waals surface area contributed by atoms with E-state index >= 15 is 0 Å². The second-order valence-corrected chi connectivity index (χ2v) is 2.88. The first kappa shape index (κ1) is 10.2. The zero-order valence-electron chi connectivity index (χ0n) is 7.98. The lowest BCUT2D eigenvalue weighted by Gasteiger charge is -2.19. The maximum atomic E-state index is 11.0. The second-order valence-electron chi connectivity index (χ2n) is 2.88. The summed E-state index contributed by atoms with van der Waals surface area (Å²) < 4.78 is 0. The topological polar surface area (TPSA) is 60.4 Å². The molecule has 1 aromatic rings. The van der Waals surface area contributed by atoms with Crippen molar-refractivity contribution in [1.29, 1.82) is 0 Å². The zero-order chi connectivity index (χ0) is 10.7. The fraction of sp³-hybridized carbons (Fsp3) is 0.200. The molecule has 0 aliphatic heterocycles. The molecule has 0 unspecified atom stereocenters. The number of amides is 1. The minimum absolute atomic E-state index is 0.0187. The normalized spacial score (nSPS) is 9.57. The summed E-state index contributed by atoms with van der Waals surface area (Å²) in [5.41, 5.74) is 0.366. The number of hydrogen-bond acceptors (Lipinski definition) is 3. The highest BCUT2D eigenvalue weighted by Crippen LogP contribution is 2.18. The van der Waals surface area contributed by atoms with Crippen LogP contribution < -0.4 is 10.0 Å². The number of carboxylic acids is 1. The van der Waals surface area contributed by atoms with Gasteiger partial charge in [-0.05, 0) is 6.07 Å². The van der Waals surface area contributed by atoms with Gasteiger partial charge in [0.1, 0.15) is 0 Å². The summed E-state index contributed by atoms with van der Waals surface area (Å²) >= 11 is 0. The number of carboxylic acid groups (broad SMARTS) is 1. The summed E-state index contributed by atoms with van der Waals surface area (Å²) in [5, 5.41) is 10.7. The number of carbonyl (C=O) groups excluding carboxylic acids is 2. The van der Waals surface area contributed by atoms with Crippen LogP contribution in [0.3, 0.4) is 0 Å². The van der Waals surface area contributed by atoms with Crippen LogP contribution in [0, 0.1) is 0 Å². The molecule has 4 heteroatoms.